The molecule has 3 aromatic rings. The Morgan fingerprint density at radius 3 is 2.45 bits per heavy atom. The normalized spacial score (nSPS) is 14.9. The number of fused-ring (bicyclic) bond motifs is 1. The Hall–Kier alpha value is -3.60. The molecule has 0 radical (unpaired) electrons. The average Bonchev–Trinajstić information content (AvgIpc) is 3.08. The van der Waals surface area contributed by atoms with Crippen molar-refractivity contribution in [1.82, 2.24) is 0 Å². The van der Waals surface area contributed by atoms with Crippen molar-refractivity contribution < 1.29 is 9.59 Å². The topological polar surface area (TPSA) is 61.4 Å². The van der Waals surface area contributed by atoms with Crippen LogP contribution in [-0.2, 0) is 11.2 Å². The monoisotopic (exact) mass is 385 g/mol. The average molecular weight is 385 g/mol. The van der Waals surface area contributed by atoms with Gasteiger partial charge < -0.3 is 15.5 Å². The lowest BCUT2D eigenvalue weighted by Gasteiger charge is -2.23. The van der Waals surface area contributed by atoms with E-state index in [4.69, 9.17) is 0 Å². The lowest BCUT2D eigenvalue weighted by atomic mass is 10.1. The van der Waals surface area contributed by atoms with Crippen LogP contribution in [0.5, 0.6) is 0 Å². The Morgan fingerprint density at radius 2 is 1.62 bits per heavy atom. The molecule has 1 aliphatic heterocycles. The fourth-order valence-electron chi connectivity index (χ4n) is 3.76. The molecule has 3 aromatic carbocycles. The van der Waals surface area contributed by atoms with Crippen LogP contribution in [0.4, 0.5) is 17.1 Å². The zero-order valence-corrected chi connectivity index (χ0v) is 16.3. The summed E-state index contributed by atoms with van der Waals surface area (Å²) in [7, 11) is 0. The zero-order chi connectivity index (χ0) is 20.2. The van der Waals surface area contributed by atoms with Crippen LogP contribution < -0.4 is 15.5 Å². The number of amides is 2. The first-order valence-corrected chi connectivity index (χ1v) is 9.73. The van der Waals surface area contributed by atoms with E-state index in [1.807, 2.05) is 71.6 Å². The molecule has 146 valence electrons. The van der Waals surface area contributed by atoms with Crippen LogP contribution in [0.25, 0.3) is 0 Å². The number of benzene rings is 3. The van der Waals surface area contributed by atoms with E-state index in [1.165, 1.54) is 5.56 Å². The van der Waals surface area contributed by atoms with Crippen molar-refractivity contribution in [2.45, 2.75) is 19.4 Å². The summed E-state index contributed by atoms with van der Waals surface area (Å²) in [4.78, 5) is 27.5. The van der Waals surface area contributed by atoms with Crippen molar-refractivity contribution in [2.24, 2.45) is 0 Å². The van der Waals surface area contributed by atoms with Crippen molar-refractivity contribution in [3.8, 4) is 0 Å². The van der Waals surface area contributed by atoms with Gasteiger partial charge in [0.25, 0.3) is 5.91 Å². The van der Waals surface area contributed by atoms with Crippen LogP contribution >= 0.6 is 0 Å². The van der Waals surface area contributed by atoms with Gasteiger partial charge in [-0.05, 0) is 49.2 Å². The van der Waals surface area contributed by atoms with Gasteiger partial charge in [0.2, 0.25) is 5.91 Å². The summed E-state index contributed by atoms with van der Waals surface area (Å²) >= 11 is 0. The summed E-state index contributed by atoms with van der Waals surface area (Å²) in [6, 6.07) is 24.7. The number of nitrogens with one attached hydrogen (secondary N) is 2. The molecule has 4 rings (SSSR count). The summed E-state index contributed by atoms with van der Waals surface area (Å²) < 4.78 is 0. The van der Waals surface area contributed by atoms with Crippen molar-refractivity contribution >= 4 is 28.9 Å². The molecule has 5 nitrogen and oxygen atoms in total. The van der Waals surface area contributed by atoms with Gasteiger partial charge >= 0.3 is 0 Å². The van der Waals surface area contributed by atoms with Gasteiger partial charge in [-0.15, -0.1) is 0 Å². The smallest absolute Gasteiger partial charge is 0.257 e. The molecule has 1 unspecified atom stereocenters. The molecule has 0 spiro atoms. The number of para-hydroxylation sites is 3. The van der Waals surface area contributed by atoms with Gasteiger partial charge in [0.1, 0.15) is 0 Å². The van der Waals surface area contributed by atoms with E-state index in [0.717, 1.165) is 17.8 Å². The third-order valence-corrected chi connectivity index (χ3v) is 5.11. The molecule has 2 N–H and O–H groups in total. The minimum absolute atomic E-state index is 0.0132. The van der Waals surface area contributed by atoms with E-state index >= 15 is 0 Å². The number of hydrogen-bond acceptors (Lipinski definition) is 3. The number of nitrogens with zero attached hydrogens (tertiary/aromatic N) is 1. The fraction of sp³-hybridized carbons (Fsp3) is 0.167. The number of anilines is 3. The van der Waals surface area contributed by atoms with Crippen LogP contribution in [0.3, 0.4) is 0 Å². The highest BCUT2D eigenvalue weighted by Crippen LogP contribution is 2.31. The third kappa shape index (κ3) is 3.99. The number of carbonyl (C=O) groups is 2. The molecule has 0 aromatic heterocycles. The molecule has 0 aliphatic carbocycles. The van der Waals surface area contributed by atoms with E-state index in [9.17, 15) is 9.59 Å². The Kier molecular flexibility index (Phi) is 5.29. The van der Waals surface area contributed by atoms with E-state index in [1.54, 1.807) is 6.07 Å². The maximum Gasteiger partial charge on any atom is 0.257 e. The summed E-state index contributed by atoms with van der Waals surface area (Å²) in [6.07, 6.45) is 0.859. The van der Waals surface area contributed by atoms with Gasteiger partial charge in [-0.25, -0.2) is 0 Å². The molecular formula is C24H23N3O2. The minimum Gasteiger partial charge on any atom is -0.375 e. The van der Waals surface area contributed by atoms with Crippen molar-refractivity contribution in [2.75, 3.05) is 22.1 Å². The van der Waals surface area contributed by atoms with Gasteiger partial charge in [0, 0.05) is 23.1 Å². The summed E-state index contributed by atoms with van der Waals surface area (Å²) in [5.74, 6) is -0.229. The van der Waals surface area contributed by atoms with E-state index in [-0.39, 0.29) is 24.4 Å². The number of hydrogen-bond donors (Lipinski definition) is 2. The Balaban J connectivity index is 1.47. The highest BCUT2D eigenvalue weighted by molar-refractivity contribution is 6.08. The van der Waals surface area contributed by atoms with Crippen LogP contribution in [-0.4, -0.2) is 24.4 Å². The predicted molar refractivity (Wildman–Crippen MR) is 116 cm³/mol. The highest BCUT2D eigenvalue weighted by atomic mass is 16.2. The van der Waals surface area contributed by atoms with Gasteiger partial charge in [-0.2, -0.15) is 0 Å². The summed E-state index contributed by atoms with van der Waals surface area (Å²) in [6.45, 7) is 2.17. The Bertz CT molecular complexity index is 1030. The second-order valence-electron chi connectivity index (χ2n) is 7.16. The lowest BCUT2D eigenvalue weighted by Crippen LogP contribution is -2.39. The first-order chi connectivity index (χ1) is 14.1. The molecule has 0 bridgehead atoms. The molecule has 2 amide bonds. The molecule has 0 saturated heterocycles. The van der Waals surface area contributed by atoms with Crippen LogP contribution in [0.2, 0.25) is 0 Å². The number of rotatable bonds is 5. The third-order valence-electron chi connectivity index (χ3n) is 5.11. The fourth-order valence-corrected chi connectivity index (χ4v) is 3.76. The Labute approximate surface area is 170 Å². The molecule has 0 saturated carbocycles. The molecule has 1 atom stereocenters. The van der Waals surface area contributed by atoms with Gasteiger partial charge in [-0.1, -0.05) is 48.5 Å². The van der Waals surface area contributed by atoms with Crippen molar-refractivity contribution in [1.29, 1.82) is 0 Å². The first kappa shape index (κ1) is 18.7. The first-order valence-electron chi connectivity index (χ1n) is 9.73. The maximum atomic E-state index is 12.9. The quantitative estimate of drug-likeness (QED) is 0.687. The van der Waals surface area contributed by atoms with E-state index < -0.39 is 0 Å². The summed E-state index contributed by atoms with van der Waals surface area (Å²) in [5, 5.41) is 6.04. The van der Waals surface area contributed by atoms with Gasteiger partial charge in [0.05, 0.1) is 12.1 Å². The lowest BCUT2D eigenvalue weighted by molar-refractivity contribution is -0.117. The van der Waals surface area contributed by atoms with Crippen LogP contribution in [0, 0.1) is 0 Å². The largest absolute Gasteiger partial charge is 0.375 e. The standard InChI is InChI=1S/C24H23N3O2/c1-17-15-18-9-5-8-14-22(18)27(17)23(28)16-25-21-13-7-6-12-20(21)24(29)26-19-10-3-2-4-11-19/h2-14,17,25H,15-16H2,1H3,(H,26,29). The van der Waals surface area contributed by atoms with Crippen LogP contribution in [0.15, 0.2) is 78.9 Å². The molecule has 5 heteroatoms. The predicted octanol–water partition coefficient (Wildman–Crippen LogP) is 4.33. The van der Waals surface area contributed by atoms with E-state index in [2.05, 4.69) is 23.6 Å². The molecule has 1 aliphatic rings. The molecule has 0 fully saturated rings. The van der Waals surface area contributed by atoms with E-state index in [0.29, 0.717) is 11.3 Å². The second-order valence-corrected chi connectivity index (χ2v) is 7.16. The highest BCUT2D eigenvalue weighted by Gasteiger charge is 2.30. The molecule has 1 heterocycles. The van der Waals surface area contributed by atoms with Crippen LogP contribution in [0.1, 0.15) is 22.8 Å². The van der Waals surface area contributed by atoms with Gasteiger partial charge in [0.15, 0.2) is 0 Å². The van der Waals surface area contributed by atoms with Crippen molar-refractivity contribution in [3.05, 3.63) is 90.0 Å². The Morgan fingerprint density at radius 1 is 0.931 bits per heavy atom. The summed E-state index contributed by atoms with van der Waals surface area (Å²) in [5.41, 5.74) is 4.03. The van der Waals surface area contributed by atoms with Gasteiger partial charge in [-0.3, -0.25) is 9.59 Å². The zero-order valence-electron chi connectivity index (χ0n) is 16.3. The minimum atomic E-state index is -0.216. The molecule has 29 heavy (non-hydrogen) atoms. The maximum absolute atomic E-state index is 12.9. The molecular weight excluding hydrogens is 362 g/mol. The number of carbonyl (C=O) groups excluding carboxylic acids is 2. The SMILES string of the molecule is CC1Cc2ccccc2N1C(=O)CNc1ccccc1C(=O)Nc1ccccc1. The second kappa shape index (κ2) is 8.19. The van der Waals surface area contributed by atoms with Crippen molar-refractivity contribution in [3.63, 3.8) is 0 Å².